The van der Waals surface area contributed by atoms with Crippen LogP contribution in [0.5, 0.6) is 11.5 Å². The van der Waals surface area contributed by atoms with Crippen LogP contribution in [0.4, 0.5) is 5.69 Å². The second-order valence-corrected chi connectivity index (χ2v) is 7.25. The smallest absolute Gasteiger partial charge is 0.269 e. The average molecular weight is 468 g/mol. The van der Waals surface area contributed by atoms with Crippen molar-refractivity contribution in [2.45, 2.75) is 6.61 Å². The van der Waals surface area contributed by atoms with Crippen LogP contribution in [0, 0.1) is 10.1 Å². The van der Waals surface area contributed by atoms with Crippen molar-refractivity contribution in [2.75, 3.05) is 7.11 Å². The van der Waals surface area contributed by atoms with Crippen LogP contribution >= 0.6 is 15.9 Å². The summed E-state index contributed by atoms with van der Waals surface area (Å²) in [4.78, 5) is 22.6. The van der Waals surface area contributed by atoms with Gasteiger partial charge >= 0.3 is 0 Å². The van der Waals surface area contributed by atoms with Gasteiger partial charge in [-0.05, 0) is 53.6 Å². The topological polar surface area (TPSA) is 78.7 Å². The molecule has 0 radical (unpaired) electrons. The van der Waals surface area contributed by atoms with Crippen molar-refractivity contribution in [1.82, 2.24) is 0 Å². The van der Waals surface area contributed by atoms with Gasteiger partial charge in [0.2, 0.25) is 0 Å². The van der Waals surface area contributed by atoms with Crippen molar-refractivity contribution >= 4 is 33.5 Å². The minimum Gasteiger partial charge on any atom is -0.493 e. The molecule has 7 heteroatoms. The Labute approximate surface area is 182 Å². The van der Waals surface area contributed by atoms with Crippen LogP contribution in [0.1, 0.15) is 21.5 Å². The summed E-state index contributed by atoms with van der Waals surface area (Å²) in [5.41, 5.74) is 2.21. The minimum absolute atomic E-state index is 0.0323. The predicted octanol–water partition coefficient (Wildman–Crippen LogP) is 5.84. The number of hydrogen-bond donors (Lipinski definition) is 0. The van der Waals surface area contributed by atoms with Gasteiger partial charge < -0.3 is 9.47 Å². The molecule has 0 bridgehead atoms. The lowest BCUT2D eigenvalue weighted by atomic mass is 10.1. The number of methoxy groups -OCH3 is 1. The zero-order valence-corrected chi connectivity index (χ0v) is 17.7. The molecule has 0 unspecified atom stereocenters. The fraction of sp³-hybridized carbons (Fsp3) is 0.0870. The van der Waals surface area contributed by atoms with E-state index in [9.17, 15) is 14.9 Å². The lowest BCUT2D eigenvalue weighted by molar-refractivity contribution is -0.384. The lowest BCUT2D eigenvalue weighted by Crippen LogP contribution is -1.98. The fourth-order valence-electron chi connectivity index (χ4n) is 2.69. The van der Waals surface area contributed by atoms with Crippen molar-refractivity contribution < 1.29 is 19.2 Å². The summed E-state index contributed by atoms with van der Waals surface area (Å²) in [6.07, 6.45) is 3.22. The average Bonchev–Trinajstić information content (AvgIpc) is 2.76. The van der Waals surface area contributed by atoms with Gasteiger partial charge in [-0.1, -0.05) is 40.2 Å². The Morgan fingerprint density at radius 3 is 2.50 bits per heavy atom. The first kappa shape index (κ1) is 21.3. The fourth-order valence-corrected chi connectivity index (χ4v) is 3.09. The summed E-state index contributed by atoms with van der Waals surface area (Å²) < 4.78 is 12.0. The van der Waals surface area contributed by atoms with E-state index in [1.807, 2.05) is 18.2 Å². The highest BCUT2D eigenvalue weighted by Crippen LogP contribution is 2.29. The van der Waals surface area contributed by atoms with E-state index in [2.05, 4.69) is 15.9 Å². The molecule has 30 heavy (non-hydrogen) atoms. The number of nitrogens with zero attached hydrogens (tertiary/aromatic N) is 1. The molecule has 152 valence electrons. The van der Waals surface area contributed by atoms with Gasteiger partial charge in [-0.15, -0.1) is 0 Å². The van der Waals surface area contributed by atoms with Gasteiger partial charge in [0.25, 0.3) is 5.69 Å². The number of non-ortho nitro benzene ring substituents is 1. The Morgan fingerprint density at radius 2 is 1.83 bits per heavy atom. The molecule has 3 aromatic rings. The Kier molecular flexibility index (Phi) is 6.98. The van der Waals surface area contributed by atoms with Gasteiger partial charge in [0, 0.05) is 22.2 Å². The number of carbonyl (C=O) groups is 1. The molecule has 0 saturated heterocycles. The van der Waals surface area contributed by atoms with E-state index in [4.69, 9.17) is 9.47 Å². The normalized spacial score (nSPS) is 10.7. The van der Waals surface area contributed by atoms with Crippen molar-refractivity contribution in [3.63, 3.8) is 0 Å². The third-order valence-electron chi connectivity index (χ3n) is 4.27. The van der Waals surface area contributed by atoms with Crippen LogP contribution < -0.4 is 9.47 Å². The molecule has 0 heterocycles. The van der Waals surface area contributed by atoms with Crippen molar-refractivity contribution in [2.24, 2.45) is 0 Å². The van der Waals surface area contributed by atoms with Crippen LogP contribution in [0.3, 0.4) is 0 Å². The zero-order chi connectivity index (χ0) is 21.5. The summed E-state index contributed by atoms with van der Waals surface area (Å²) >= 11 is 3.36. The second kappa shape index (κ2) is 9.84. The zero-order valence-electron chi connectivity index (χ0n) is 16.1. The first-order valence-electron chi connectivity index (χ1n) is 8.98. The van der Waals surface area contributed by atoms with E-state index in [0.29, 0.717) is 17.1 Å². The lowest BCUT2D eigenvalue weighted by Gasteiger charge is -2.11. The third kappa shape index (κ3) is 5.55. The summed E-state index contributed by atoms with van der Waals surface area (Å²) in [6.45, 7) is 0.241. The molecule has 0 aromatic heterocycles. The summed E-state index contributed by atoms with van der Waals surface area (Å²) in [6, 6.07) is 18.7. The van der Waals surface area contributed by atoms with E-state index in [1.165, 1.54) is 25.3 Å². The molecule has 0 fully saturated rings. The molecule has 3 aromatic carbocycles. The molecule has 0 spiro atoms. The highest BCUT2D eigenvalue weighted by molar-refractivity contribution is 9.10. The molecule has 0 aliphatic carbocycles. The Balaban J connectivity index is 1.68. The van der Waals surface area contributed by atoms with E-state index < -0.39 is 4.92 Å². The van der Waals surface area contributed by atoms with Gasteiger partial charge in [0.1, 0.15) is 6.61 Å². The van der Waals surface area contributed by atoms with Crippen LogP contribution in [-0.2, 0) is 6.61 Å². The largest absolute Gasteiger partial charge is 0.493 e. The van der Waals surface area contributed by atoms with Gasteiger partial charge in [-0.25, -0.2) is 0 Å². The molecule has 0 N–H and O–H groups in total. The minimum atomic E-state index is -0.443. The van der Waals surface area contributed by atoms with E-state index in [-0.39, 0.29) is 18.1 Å². The van der Waals surface area contributed by atoms with E-state index >= 15 is 0 Å². The first-order valence-corrected chi connectivity index (χ1v) is 9.78. The SMILES string of the molecule is COc1cc(/C=C/C(=O)c2cccc(Br)c2)ccc1OCc1ccc([N+](=O)[O-])cc1. The number of allylic oxidation sites excluding steroid dienone is 1. The van der Waals surface area contributed by atoms with Crippen LogP contribution in [0.25, 0.3) is 6.08 Å². The number of ketones is 1. The molecule has 0 aliphatic rings. The number of halogens is 1. The first-order chi connectivity index (χ1) is 14.5. The van der Waals surface area contributed by atoms with Gasteiger partial charge in [-0.3, -0.25) is 14.9 Å². The summed E-state index contributed by atoms with van der Waals surface area (Å²) in [5, 5.41) is 10.7. The van der Waals surface area contributed by atoms with Crippen molar-refractivity contribution in [1.29, 1.82) is 0 Å². The van der Waals surface area contributed by atoms with Crippen molar-refractivity contribution in [3.8, 4) is 11.5 Å². The van der Waals surface area contributed by atoms with Crippen LogP contribution in [-0.4, -0.2) is 17.8 Å². The molecule has 0 aliphatic heterocycles. The molecular weight excluding hydrogens is 450 g/mol. The molecule has 0 amide bonds. The maximum absolute atomic E-state index is 12.3. The number of carbonyl (C=O) groups excluding carboxylic acids is 1. The Hall–Kier alpha value is -3.45. The summed E-state index contributed by atoms with van der Waals surface area (Å²) in [5.74, 6) is 0.953. The summed E-state index contributed by atoms with van der Waals surface area (Å²) in [7, 11) is 1.54. The Morgan fingerprint density at radius 1 is 1.07 bits per heavy atom. The van der Waals surface area contributed by atoms with Crippen LogP contribution in [0.15, 0.2) is 77.3 Å². The third-order valence-corrected chi connectivity index (χ3v) is 4.76. The van der Waals surface area contributed by atoms with Gasteiger partial charge in [0.15, 0.2) is 17.3 Å². The second-order valence-electron chi connectivity index (χ2n) is 6.33. The quantitative estimate of drug-likeness (QED) is 0.180. The maximum Gasteiger partial charge on any atom is 0.269 e. The predicted molar refractivity (Wildman–Crippen MR) is 118 cm³/mol. The molecular formula is C23H18BrNO5. The van der Waals surface area contributed by atoms with Gasteiger partial charge in [0.05, 0.1) is 12.0 Å². The molecule has 3 rings (SSSR count). The number of rotatable bonds is 8. The number of hydrogen-bond acceptors (Lipinski definition) is 5. The monoisotopic (exact) mass is 467 g/mol. The van der Waals surface area contributed by atoms with Gasteiger partial charge in [-0.2, -0.15) is 0 Å². The number of benzene rings is 3. The van der Waals surface area contributed by atoms with E-state index in [1.54, 1.807) is 42.5 Å². The highest BCUT2D eigenvalue weighted by atomic mass is 79.9. The molecule has 6 nitrogen and oxygen atoms in total. The number of ether oxygens (including phenoxy) is 2. The Bertz CT molecular complexity index is 1090. The maximum atomic E-state index is 12.3. The van der Waals surface area contributed by atoms with Crippen LogP contribution in [0.2, 0.25) is 0 Å². The standard InChI is InChI=1S/C23H18BrNO5/c1-29-23-13-16(7-11-21(26)18-3-2-4-19(24)14-18)8-12-22(23)30-15-17-5-9-20(10-6-17)25(27)28/h2-14H,15H2,1H3/b11-7+. The molecule has 0 atom stereocenters. The number of nitro groups is 1. The highest BCUT2D eigenvalue weighted by Gasteiger charge is 2.08. The van der Waals surface area contributed by atoms with Crippen molar-refractivity contribution in [3.05, 3.63) is 104 Å². The molecule has 0 saturated carbocycles. The number of nitro benzene ring substituents is 1. The van der Waals surface area contributed by atoms with E-state index in [0.717, 1.165) is 15.6 Å².